The Hall–Kier alpha value is -2.94. The Kier molecular flexibility index (Phi) is 12.3. The van der Waals surface area contributed by atoms with Gasteiger partial charge in [-0.3, -0.25) is 19.2 Å². The Labute approximate surface area is 200 Å². The number of nitrogens with two attached hydrogens (primary N) is 1. The molecule has 1 rings (SSSR count). The van der Waals surface area contributed by atoms with Crippen molar-refractivity contribution in [1.29, 1.82) is 0 Å². The normalized spacial score (nSPS) is 14.4. The van der Waals surface area contributed by atoms with Crippen LogP contribution in [0.4, 0.5) is 0 Å². The number of ether oxygens (including phenoxy) is 3. The molecule has 0 aliphatic carbocycles. The fraction of sp³-hybridized carbons (Fsp3) is 0.600. The molecule has 0 aliphatic rings. The Morgan fingerprint density at radius 1 is 0.912 bits per heavy atom. The van der Waals surface area contributed by atoms with E-state index in [-0.39, 0.29) is 36.7 Å². The lowest BCUT2D eigenvalue weighted by Gasteiger charge is -2.32. The molecule has 190 valence electrons. The van der Waals surface area contributed by atoms with Crippen LogP contribution in [-0.4, -0.2) is 41.1 Å². The number of unbranched alkanes of at least 4 members (excludes halogenated alkanes) is 2. The minimum Gasteiger partial charge on any atom is -0.480 e. The molecule has 0 heterocycles. The van der Waals surface area contributed by atoms with Gasteiger partial charge in [-0.1, -0.05) is 46.6 Å². The number of esters is 3. The van der Waals surface area contributed by atoms with E-state index >= 15 is 0 Å². The summed E-state index contributed by atoms with van der Waals surface area (Å²) in [5.41, 5.74) is 6.50. The van der Waals surface area contributed by atoms with Gasteiger partial charge in [-0.25, -0.2) is 0 Å². The summed E-state index contributed by atoms with van der Waals surface area (Å²) in [6, 6.07) is 3.14. The van der Waals surface area contributed by atoms with Crippen molar-refractivity contribution >= 4 is 23.9 Å². The minimum absolute atomic E-state index is 0.00912. The topological polar surface area (TPSA) is 142 Å². The number of aliphatic carboxylic acids is 1. The van der Waals surface area contributed by atoms with Gasteiger partial charge in [0, 0.05) is 31.1 Å². The minimum atomic E-state index is -1.32. The van der Waals surface area contributed by atoms with Crippen molar-refractivity contribution in [3.63, 3.8) is 0 Å². The first-order valence-electron chi connectivity index (χ1n) is 11.8. The van der Waals surface area contributed by atoms with Gasteiger partial charge in [-0.05, 0) is 31.0 Å². The number of carboxylic acid groups (broad SMARTS) is 1. The molecule has 0 saturated heterocycles. The fourth-order valence-corrected chi connectivity index (χ4v) is 3.46. The third-order valence-electron chi connectivity index (χ3n) is 5.66. The Morgan fingerprint density at radius 3 is 2.03 bits per heavy atom. The van der Waals surface area contributed by atoms with E-state index in [2.05, 4.69) is 0 Å². The summed E-state index contributed by atoms with van der Waals surface area (Å²) in [6.07, 6.45) is 2.48. The van der Waals surface area contributed by atoms with Crippen molar-refractivity contribution in [3.8, 4) is 11.5 Å². The van der Waals surface area contributed by atoms with Gasteiger partial charge in [-0.2, -0.15) is 0 Å². The molecule has 0 aliphatic heterocycles. The molecule has 0 radical (unpaired) electrons. The second kappa shape index (κ2) is 14.3. The number of hydrogen-bond donors (Lipinski definition) is 2. The van der Waals surface area contributed by atoms with Crippen LogP contribution in [0.25, 0.3) is 0 Å². The van der Waals surface area contributed by atoms with Crippen molar-refractivity contribution in [2.75, 3.05) is 0 Å². The zero-order valence-corrected chi connectivity index (χ0v) is 20.7. The monoisotopic (exact) mass is 479 g/mol. The van der Waals surface area contributed by atoms with Crippen LogP contribution in [0.15, 0.2) is 18.2 Å². The summed E-state index contributed by atoms with van der Waals surface area (Å²) >= 11 is 0. The molecule has 0 bridgehead atoms. The molecular weight excluding hydrogens is 442 g/mol. The highest BCUT2D eigenvalue weighted by Crippen LogP contribution is 2.37. The van der Waals surface area contributed by atoms with E-state index < -0.39 is 41.9 Å². The van der Waals surface area contributed by atoms with E-state index in [4.69, 9.17) is 19.9 Å². The summed E-state index contributed by atoms with van der Waals surface area (Å²) in [4.78, 5) is 47.7. The Morgan fingerprint density at radius 2 is 1.50 bits per heavy atom. The maximum Gasteiger partial charge on any atom is 0.321 e. The molecule has 3 unspecified atom stereocenters. The maximum atomic E-state index is 12.2. The zero-order valence-electron chi connectivity index (χ0n) is 20.7. The summed E-state index contributed by atoms with van der Waals surface area (Å²) < 4.78 is 16.2. The molecule has 0 fully saturated rings. The first-order chi connectivity index (χ1) is 16.0. The molecule has 3 N–H and O–H groups in total. The lowest BCUT2D eigenvalue weighted by molar-refractivity contribution is -0.151. The smallest absolute Gasteiger partial charge is 0.321 e. The van der Waals surface area contributed by atoms with Crippen molar-refractivity contribution in [3.05, 3.63) is 23.8 Å². The second-order valence-corrected chi connectivity index (χ2v) is 8.26. The average molecular weight is 480 g/mol. The van der Waals surface area contributed by atoms with E-state index in [9.17, 15) is 24.3 Å². The molecule has 4 atom stereocenters. The van der Waals surface area contributed by atoms with Crippen LogP contribution in [0, 0.1) is 5.92 Å². The molecule has 0 aromatic heterocycles. The van der Waals surface area contributed by atoms with Gasteiger partial charge in [0.1, 0.15) is 12.1 Å². The van der Waals surface area contributed by atoms with Gasteiger partial charge in [0.15, 0.2) is 11.5 Å². The standard InChI is InChI=1S/C25H37NO8/c1-6-9-10-11-22(29)32-16(5)15(4)23(24(26)25(30)31)17-12-13-18(33-20(27)7-2)19(14-17)34-21(28)8-3/h12-16,23-24H,6-11,26H2,1-5H3,(H,30,31)/t15?,16?,23?,24-/m0/s1. The second-order valence-electron chi connectivity index (χ2n) is 8.26. The third kappa shape index (κ3) is 8.78. The molecule has 9 nitrogen and oxygen atoms in total. The Balaban J connectivity index is 3.30. The van der Waals surface area contributed by atoms with E-state index in [1.54, 1.807) is 33.8 Å². The first kappa shape index (κ1) is 29.1. The van der Waals surface area contributed by atoms with E-state index in [1.165, 1.54) is 12.1 Å². The van der Waals surface area contributed by atoms with Crippen molar-refractivity contribution in [1.82, 2.24) is 0 Å². The molecule has 1 aromatic rings. The van der Waals surface area contributed by atoms with Crippen molar-refractivity contribution < 1.29 is 38.5 Å². The van der Waals surface area contributed by atoms with Gasteiger partial charge in [0.25, 0.3) is 0 Å². The van der Waals surface area contributed by atoms with Gasteiger partial charge in [-0.15, -0.1) is 0 Å². The van der Waals surface area contributed by atoms with Crippen LogP contribution in [-0.2, 0) is 23.9 Å². The van der Waals surface area contributed by atoms with Gasteiger partial charge in [0.2, 0.25) is 0 Å². The highest BCUT2D eigenvalue weighted by molar-refractivity contribution is 5.77. The molecule has 0 spiro atoms. The highest BCUT2D eigenvalue weighted by Gasteiger charge is 2.35. The fourth-order valence-electron chi connectivity index (χ4n) is 3.46. The quantitative estimate of drug-likeness (QED) is 0.230. The summed E-state index contributed by atoms with van der Waals surface area (Å²) in [5, 5.41) is 9.64. The number of rotatable bonds is 14. The predicted octanol–water partition coefficient (Wildman–Crippen LogP) is 3.96. The third-order valence-corrected chi connectivity index (χ3v) is 5.66. The van der Waals surface area contributed by atoms with Crippen LogP contribution >= 0.6 is 0 Å². The summed E-state index contributed by atoms with van der Waals surface area (Å²) in [6.45, 7) is 8.72. The SMILES string of the molecule is CCCCCC(=O)OC(C)C(C)C(c1ccc(OC(=O)CC)c(OC(=O)CC)c1)[C@H](N)C(=O)O. The van der Waals surface area contributed by atoms with Crippen molar-refractivity contribution in [2.45, 2.75) is 91.2 Å². The van der Waals surface area contributed by atoms with Crippen LogP contribution in [0.5, 0.6) is 11.5 Å². The highest BCUT2D eigenvalue weighted by atomic mass is 16.6. The molecule has 34 heavy (non-hydrogen) atoms. The number of carbonyl (C=O) groups excluding carboxylic acids is 3. The van der Waals surface area contributed by atoms with Crippen LogP contribution in [0.3, 0.4) is 0 Å². The number of carboxylic acids is 1. The number of benzene rings is 1. The summed E-state index contributed by atoms with van der Waals surface area (Å²) in [5.74, 6) is -3.88. The predicted molar refractivity (Wildman–Crippen MR) is 126 cm³/mol. The molecule has 1 aromatic carbocycles. The van der Waals surface area contributed by atoms with E-state index in [0.717, 1.165) is 19.3 Å². The van der Waals surface area contributed by atoms with Crippen LogP contribution in [0.2, 0.25) is 0 Å². The van der Waals surface area contributed by atoms with Crippen molar-refractivity contribution in [2.24, 2.45) is 11.7 Å². The molecular formula is C25H37NO8. The van der Waals surface area contributed by atoms with Gasteiger partial charge >= 0.3 is 23.9 Å². The largest absolute Gasteiger partial charge is 0.480 e. The zero-order chi connectivity index (χ0) is 25.8. The Bertz CT molecular complexity index is 853. The van der Waals surface area contributed by atoms with Gasteiger partial charge < -0.3 is 25.1 Å². The van der Waals surface area contributed by atoms with Gasteiger partial charge in [0.05, 0.1) is 0 Å². The molecule has 0 amide bonds. The lowest BCUT2D eigenvalue weighted by atomic mass is 9.79. The van der Waals surface area contributed by atoms with E-state index in [0.29, 0.717) is 5.56 Å². The number of hydrogen-bond acceptors (Lipinski definition) is 8. The van der Waals surface area contributed by atoms with E-state index in [1.807, 2.05) is 6.92 Å². The molecule has 0 saturated carbocycles. The van der Waals surface area contributed by atoms with Crippen LogP contribution < -0.4 is 15.2 Å². The number of carbonyl (C=O) groups is 4. The summed E-state index contributed by atoms with van der Waals surface area (Å²) in [7, 11) is 0. The lowest BCUT2D eigenvalue weighted by Crippen LogP contribution is -2.42. The molecule has 9 heteroatoms. The maximum absolute atomic E-state index is 12.2. The van der Waals surface area contributed by atoms with Crippen LogP contribution in [0.1, 0.15) is 84.6 Å². The first-order valence-corrected chi connectivity index (χ1v) is 11.8. The average Bonchev–Trinajstić information content (AvgIpc) is 2.80.